The average molecular weight is 202 g/mol. The van der Waals surface area contributed by atoms with Crippen molar-refractivity contribution in [1.29, 1.82) is 0 Å². The van der Waals surface area contributed by atoms with Crippen molar-refractivity contribution in [2.75, 3.05) is 25.0 Å². The van der Waals surface area contributed by atoms with Crippen molar-refractivity contribution in [2.45, 2.75) is 25.3 Å². The van der Waals surface area contributed by atoms with E-state index in [1.165, 1.54) is 24.2 Å². The molecule has 1 fully saturated rings. The lowest BCUT2D eigenvalue weighted by Crippen LogP contribution is -2.42. The van der Waals surface area contributed by atoms with Crippen LogP contribution in [-0.4, -0.2) is 26.2 Å². The lowest BCUT2D eigenvalue weighted by atomic mass is 9.90. The third kappa shape index (κ3) is 1.21. The van der Waals surface area contributed by atoms with E-state index < -0.39 is 0 Å². The molecule has 0 radical (unpaired) electrons. The molecule has 80 valence electrons. The van der Waals surface area contributed by atoms with Gasteiger partial charge in [-0.05, 0) is 31.0 Å². The third-order valence-corrected chi connectivity index (χ3v) is 3.96. The van der Waals surface area contributed by atoms with Crippen LogP contribution in [0.25, 0.3) is 0 Å². The van der Waals surface area contributed by atoms with Gasteiger partial charge in [0.05, 0.1) is 0 Å². The van der Waals surface area contributed by atoms with E-state index in [0.717, 1.165) is 12.6 Å². The van der Waals surface area contributed by atoms with Crippen molar-refractivity contribution >= 4 is 5.69 Å². The summed E-state index contributed by atoms with van der Waals surface area (Å²) in [7, 11) is 2.25. The number of fused-ring (bicyclic) bond motifs is 3. The lowest BCUT2D eigenvalue weighted by Gasteiger charge is -2.31. The highest BCUT2D eigenvalue weighted by Crippen LogP contribution is 2.43. The van der Waals surface area contributed by atoms with Crippen LogP contribution in [0.1, 0.15) is 23.5 Å². The summed E-state index contributed by atoms with van der Waals surface area (Å²) in [5.41, 5.74) is 4.45. The topological polar surface area (TPSA) is 15.3 Å². The lowest BCUT2D eigenvalue weighted by molar-refractivity contribution is 0.413. The number of rotatable bonds is 0. The Morgan fingerprint density at radius 2 is 2.27 bits per heavy atom. The van der Waals surface area contributed by atoms with E-state index in [1.54, 1.807) is 5.56 Å². The Labute approximate surface area is 91.3 Å². The van der Waals surface area contributed by atoms with E-state index in [2.05, 4.69) is 42.4 Å². The van der Waals surface area contributed by atoms with Gasteiger partial charge in [0, 0.05) is 31.2 Å². The Morgan fingerprint density at radius 3 is 3.13 bits per heavy atom. The van der Waals surface area contributed by atoms with Crippen molar-refractivity contribution in [3.8, 4) is 0 Å². The smallest absolute Gasteiger partial charge is 0.0432 e. The van der Waals surface area contributed by atoms with Crippen LogP contribution < -0.4 is 10.2 Å². The van der Waals surface area contributed by atoms with Gasteiger partial charge in [0.2, 0.25) is 0 Å². The minimum absolute atomic E-state index is 0.707. The highest BCUT2D eigenvalue weighted by atomic mass is 15.2. The number of aryl methyl sites for hydroxylation is 1. The van der Waals surface area contributed by atoms with Gasteiger partial charge >= 0.3 is 0 Å². The van der Waals surface area contributed by atoms with Gasteiger partial charge in [-0.15, -0.1) is 0 Å². The molecule has 2 nitrogen and oxygen atoms in total. The second kappa shape index (κ2) is 3.24. The van der Waals surface area contributed by atoms with Gasteiger partial charge in [0.1, 0.15) is 0 Å². The molecule has 1 saturated heterocycles. The normalized spacial score (nSPS) is 28.8. The molecule has 0 spiro atoms. The van der Waals surface area contributed by atoms with Gasteiger partial charge in [-0.25, -0.2) is 0 Å². The number of nitrogens with one attached hydrogen (secondary N) is 1. The first-order valence-corrected chi connectivity index (χ1v) is 5.82. The fourth-order valence-corrected chi connectivity index (χ4v) is 3.25. The Morgan fingerprint density at radius 1 is 1.40 bits per heavy atom. The van der Waals surface area contributed by atoms with Crippen LogP contribution in [0.3, 0.4) is 0 Å². The van der Waals surface area contributed by atoms with E-state index in [1.807, 2.05) is 0 Å². The van der Waals surface area contributed by atoms with Gasteiger partial charge in [-0.2, -0.15) is 0 Å². The molecule has 2 unspecified atom stereocenters. The van der Waals surface area contributed by atoms with Crippen molar-refractivity contribution in [1.82, 2.24) is 5.32 Å². The van der Waals surface area contributed by atoms with Crippen LogP contribution in [0.4, 0.5) is 5.69 Å². The fraction of sp³-hybridized carbons (Fsp3) is 0.538. The van der Waals surface area contributed by atoms with Gasteiger partial charge in [0.15, 0.2) is 0 Å². The Hall–Kier alpha value is -1.02. The molecular weight excluding hydrogens is 184 g/mol. The summed E-state index contributed by atoms with van der Waals surface area (Å²) in [4.78, 5) is 2.50. The zero-order valence-electron chi connectivity index (χ0n) is 9.46. The van der Waals surface area contributed by atoms with E-state index in [-0.39, 0.29) is 0 Å². The number of hydrogen-bond acceptors (Lipinski definition) is 2. The predicted octanol–water partition coefficient (Wildman–Crippen LogP) is 1.89. The van der Waals surface area contributed by atoms with Gasteiger partial charge in [-0.3, -0.25) is 0 Å². The van der Waals surface area contributed by atoms with Crippen LogP contribution in [0.5, 0.6) is 0 Å². The average Bonchev–Trinajstić information content (AvgIpc) is 2.55. The molecule has 0 aliphatic carbocycles. The van der Waals surface area contributed by atoms with E-state index >= 15 is 0 Å². The summed E-state index contributed by atoms with van der Waals surface area (Å²) < 4.78 is 0. The molecule has 2 heteroatoms. The zero-order chi connectivity index (χ0) is 10.4. The van der Waals surface area contributed by atoms with E-state index in [0.29, 0.717) is 5.92 Å². The highest BCUT2D eigenvalue weighted by Gasteiger charge is 2.38. The number of nitrogens with zero attached hydrogens (tertiary/aromatic N) is 1. The van der Waals surface area contributed by atoms with Crippen LogP contribution in [0.2, 0.25) is 0 Å². The number of anilines is 1. The standard InChI is InChI=1S/C13H18N2/c1-9-4-3-5-10-11-8-14-7-6-12(11)15(2)13(9)10/h3-5,11-12,14H,6-8H2,1-2H3. The third-order valence-electron chi connectivity index (χ3n) is 3.96. The van der Waals surface area contributed by atoms with Crippen molar-refractivity contribution < 1.29 is 0 Å². The van der Waals surface area contributed by atoms with Crippen molar-refractivity contribution in [3.05, 3.63) is 29.3 Å². The molecule has 1 aromatic carbocycles. The zero-order valence-corrected chi connectivity index (χ0v) is 9.46. The molecule has 3 rings (SSSR count). The summed E-state index contributed by atoms with van der Waals surface area (Å²) in [6, 6.07) is 7.44. The van der Waals surface area contributed by atoms with Gasteiger partial charge in [-0.1, -0.05) is 18.2 Å². The number of hydrogen-bond donors (Lipinski definition) is 1. The number of para-hydroxylation sites is 1. The maximum absolute atomic E-state index is 3.51. The minimum Gasteiger partial charge on any atom is -0.370 e. The molecule has 0 amide bonds. The summed E-state index contributed by atoms with van der Waals surface area (Å²) in [6.07, 6.45) is 1.27. The maximum Gasteiger partial charge on any atom is 0.0432 e. The molecule has 0 aromatic heterocycles. The highest BCUT2D eigenvalue weighted by molar-refractivity contribution is 5.66. The van der Waals surface area contributed by atoms with E-state index in [4.69, 9.17) is 0 Å². The van der Waals surface area contributed by atoms with Crippen LogP contribution in [0.15, 0.2) is 18.2 Å². The number of benzene rings is 1. The summed E-state index contributed by atoms with van der Waals surface area (Å²) in [6.45, 7) is 4.53. The molecule has 0 saturated carbocycles. The number of likely N-dealkylation sites (N-methyl/N-ethyl adjacent to an activating group) is 1. The second-order valence-corrected chi connectivity index (χ2v) is 4.79. The summed E-state index contributed by atoms with van der Waals surface area (Å²) >= 11 is 0. The fourth-order valence-electron chi connectivity index (χ4n) is 3.25. The molecule has 1 N–H and O–H groups in total. The predicted molar refractivity (Wildman–Crippen MR) is 63.6 cm³/mol. The SMILES string of the molecule is Cc1cccc2c1N(C)C1CCNCC21. The van der Waals surface area contributed by atoms with Crippen LogP contribution in [0, 0.1) is 6.92 Å². The molecule has 2 heterocycles. The Balaban J connectivity index is 2.11. The first kappa shape index (κ1) is 9.22. The Bertz CT molecular complexity index is 386. The summed E-state index contributed by atoms with van der Waals surface area (Å²) in [5.74, 6) is 0.707. The quantitative estimate of drug-likeness (QED) is 0.691. The molecule has 0 bridgehead atoms. The minimum atomic E-state index is 0.707. The molecule has 2 aliphatic rings. The maximum atomic E-state index is 3.51. The van der Waals surface area contributed by atoms with Gasteiger partial charge in [0.25, 0.3) is 0 Å². The molecule has 1 aromatic rings. The molecule has 2 aliphatic heterocycles. The van der Waals surface area contributed by atoms with E-state index in [9.17, 15) is 0 Å². The van der Waals surface area contributed by atoms with Gasteiger partial charge < -0.3 is 10.2 Å². The van der Waals surface area contributed by atoms with Crippen molar-refractivity contribution in [2.24, 2.45) is 0 Å². The van der Waals surface area contributed by atoms with Crippen molar-refractivity contribution in [3.63, 3.8) is 0 Å². The number of piperidine rings is 1. The van der Waals surface area contributed by atoms with Crippen LogP contribution in [-0.2, 0) is 0 Å². The summed E-state index contributed by atoms with van der Waals surface area (Å²) in [5, 5.41) is 3.51. The monoisotopic (exact) mass is 202 g/mol. The first-order valence-electron chi connectivity index (χ1n) is 5.82. The molecule has 2 atom stereocenters. The second-order valence-electron chi connectivity index (χ2n) is 4.79. The Kier molecular flexibility index (Phi) is 1.99. The molecule has 15 heavy (non-hydrogen) atoms. The first-order chi connectivity index (χ1) is 7.29. The molecular formula is C13H18N2. The largest absolute Gasteiger partial charge is 0.370 e. The van der Waals surface area contributed by atoms with Crippen LogP contribution >= 0.6 is 0 Å².